The van der Waals surface area contributed by atoms with Crippen molar-refractivity contribution in [2.45, 2.75) is 18.9 Å². The van der Waals surface area contributed by atoms with Crippen LogP contribution in [0.25, 0.3) is 11.1 Å². The Labute approximate surface area is 202 Å². The zero-order chi connectivity index (χ0) is 26.6. The molecule has 1 heterocycles. The van der Waals surface area contributed by atoms with Gasteiger partial charge in [-0.15, -0.1) is 0 Å². The first-order valence-electron chi connectivity index (χ1n) is 10.5. The van der Waals surface area contributed by atoms with Gasteiger partial charge in [0.25, 0.3) is 0 Å². The molecule has 0 fully saturated rings. The highest BCUT2D eigenvalue weighted by Crippen LogP contribution is 2.16. The summed E-state index contributed by atoms with van der Waals surface area (Å²) in [4.78, 5) is 70.4. The fraction of sp³-hybridized carbons (Fsp3) is 0.208. The number of allylic oxidation sites excluding steroid dienone is 6. The van der Waals surface area contributed by atoms with E-state index in [1.54, 1.807) is 0 Å². The lowest BCUT2D eigenvalue weighted by molar-refractivity contribution is -0.526. The predicted octanol–water partition coefficient (Wildman–Crippen LogP) is -7.35. The van der Waals surface area contributed by atoms with Gasteiger partial charge in [-0.3, -0.25) is 9.59 Å². The Morgan fingerprint density at radius 1 is 0.667 bits per heavy atom. The van der Waals surface area contributed by atoms with Gasteiger partial charge in [0.1, 0.15) is 11.9 Å². The summed E-state index contributed by atoms with van der Waals surface area (Å²) in [5.41, 5.74) is -0.433. The minimum absolute atomic E-state index is 0.117. The number of hydrogen-bond acceptors (Lipinski definition) is 11. The molecule has 0 atom stereocenters. The van der Waals surface area contributed by atoms with Crippen molar-refractivity contribution in [1.82, 2.24) is 4.90 Å². The number of nitrogens with zero attached hydrogens (tertiary/aromatic N) is 2. The van der Waals surface area contributed by atoms with Gasteiger partial charge in [0.15, 0.2) is 13.1 Å². The van der Waals surface area contributed by atoms with Gasteiger partial charge in [-0.2, -0.15) is 0 Å². The van der Waals surface area contributed by atoms with Crippen molar-refractivity contribution in [3.8, 4) is 0 Å². The molecule has 0 spiro atoms. The van der Waals surface area contributed by atoms with Crippen LogP contribution in [0.4, 0.5) is 0 Å². The largest absolute Gasteiger partial charge is 0.550 e. The normalized spacial score (nSPS) is 14.7. The molecular weight excluding hydrogens is 476 g/mol. The topological polar surface area (TPSA) is 201 Å². The molecular formula is C24H17N2O10-3. The molecule has 1 aromatic carbocycles. The Kier molecular flexibility index (Phi) is 7.58. The Bertz CT molecular complexity index is 1400. The second-order valence-electron chi connectivity index (χ2n) is 7.90. The van der Waals surface area contributed by atoms with Crippen LogP contribution in [-0.2, 0) is 19.2 Å². The van der Waals surface area contributed by atoms with Crippen molar-refractivity contribution in [3.05, 3.63) is 79.7 Å². The lowest BCUT2D eigenvalue weighted by Crippen LogP contribution is -2.66. The predicted molar refractivity (Wildman–Crippen MR) is 114 cm³/mol. The Morgan fingerprint density at radius 3 is 1.47 bits per heavy atom. The molecule has 12 heteroatoms. The third-order valence-corrected chi connectivity index (χ3v) is 5.44. The van der Waals surface area contributed by atoms with E-state index in [4.69, 9.17) is 0 Å². The summed E-state index contributed by atoms with van der Waals surface area (Å²) in [6.07, 6.45) is 9.73. The maximum atomic E-state index is 12.7. The molecule has 1 aliphatic heterocycles. The number of carboxylic acid groups (broad SMARTS) is 4. The fourth-order valence-electron chi connectivity index (χ4n) is 3.82. The lowest BCUT2D eigenvalue weighted by Gasteiger charge is -2.30. The molecule has 2 aliphatic rings. The molecule has 36 heavy (non-hydrogen) atoms. The molecule has 1 aliphatic carbocycles. The number of hydrogen-bond donors (Lipinski definition) is 0. The van der Waals surface area contributed by atoms with Crippen LogP contribution in [0.1, 0.15) is 12.8 Å². The highest BCUT2D eigenvalue weighted by molar-refractivity contribution is 6.06. The van der Waals surface area contributed by atoms with Crippen LogP contribution in [0.3, 0.4) is 0 Å². The molecule has 3 rings (SSSR count). The summed E-state index contributed by atoms with van der Waals surface area (Å²) in [6.45, 7) is -1.42. The van der Waals surface area contributed by atoms with Crippen molar-refractivity contribution in [3.63, 3.8) is 0 Å². The number of carboxylic acids is 4. The van der Waals surface area contributed by atoms with Crippen molar-refractivity contribution >= 4 is 40.7 Å². The minimum atomic E-state index is -1.51. The number of carbonyl (C=O) groups excluding carboxylic acids is 4. The Hall–Kier alpha value is -4.87. The standard InChI is InChI=1S/C24H20N2O10/c27-17(28)9-16(10-18(29)30)25-7-5-14(6-8-25)22-23(35)21(24(22)36)13-1-3-15(4-2-13)26(11-19(31)32)12-20(33)34/h1-8,16H,9-12H2,(H3-,27,28,29,30,31,32,33,34)/p-3. The zero-order valence-electron chi connectivity index (χ0n) is 18.5. The van der Waals surface area contributed by atoms with E-state index in [0.717, 1.165) is 4.58 Å². The molecule has 1 aromatic rings. The molecule has 0 radical (unpaired) electrons. The molecule has 0 saturated carbocycles. The second-order valence-corrected chi connectivity index (χ2v) is 7.90. The quantitative estimate of drug-likeness (QED) is 0.296. The van der Waals surface area contributed by atoms with Gasteiger partial charge < -0.3 is 44.5 Å². The van der Waals surface area contributed by atoms with Crippen molar-refractivity contribution in [1.29, 1.82) is 0 Å². The molecule has 0 saturated heterocycles. The molecule has 0 N–H and O–H groups in total. The highest BCUT2D eigenvalue weighted by atomic mass is 16.4. The fourth-order valence-corrected chi connectivity index (χ4v) is 3.82. The summed E-state index contributed by atoms with van der Waals surface area (Å²) in [6, 6.07) is -0.985. The summed E-state index contributed by atoms with van der Waals surface area (Å²) in [7, 11) is 0. The van der Waals surface area contributed by atoms with Gasteiger partial charge in [-0.1, -0.05) is 0 Å². The van der Waals surface area contributed by atoms with Crippen molar-refractivity contribution in [2.24, 2.45) is 0 Å². The summed E-state index contributed by atoms with van der Waals surface area (Å²) >= 11 is 0. The summed E-state index contributed by atoms with van der Waals surface area (Å²) < 4.78 is 0.981. The van der Waals surface area contributed by atoms with Crippen LogP contribution in [0.15, 0.2) is 58.4 Å². The monoisotopic (exact) mass is 493 g/mol. The molecule has 0 aromatic heterocycles. The second kappa shape index (κ2) is 10.6. The van der Waals surface area contributed by atoms with Crippen LogP contribution in [0.2, 0.25) is 0 Å². The van der Waals surface area contributed by atoms with E-state index in [1.165, 1.54) is 53.8 Å². The van der Waals surface area contributed by atoms with Gasteiger partial charge in [-0.05, 0) is 35.5 Å². The van der Waals surface area contributed by atoms with Crippen LogP contribution in [0, 0.1) is 0 Å². The molecule has 12 nitrogen and oxygen atoms in total. The highest BCUT2D eigenvalue weighted by Gasteiger charge is 2.20. The molecule has 0 bridgehead atoms. The van der Waals surface area contributed by atoms with Gasteiger partial charge in [0.05, 0.1) is 10.4 Å². The van der Waals surface area contributed by atoms with Gasteiger partial charge in [0, 0.05) is 55.4 Å². The minimum Gasteiger partial charge on any atom is -0.550 e. The van der Waals surface area contributed by atoms with Gasteiger partial charge in [-0.25, -0.2) is 4.58 Å². The average Bonchev–Trinajstić information content (AvgIpc) is 2.78. The van der Waals surface area contributed by atoms with E-state index in [-0.39, 0.29) is 27.3 Å². The Balaban J connectivity index is 1.93. The molecule has 0 unspecified atom stereocenters. The first-order valence-corrected chi connectivity index (χ1v) is 10.5. The van der Waals surface area contributed by atoms with Gasteiger partial charge in [0.2, 0.25) is 16.6 Å². The van der Waals surface area contributed by atoms with Crippen molar-refractivity contribution in [2.75, 3.05) is 13.1 Å². The maximum Gasteiger partial charge on any atom is 0.202 e. The average molecular weight is 493 g/mol. The first kappa shape index (κ1) is 25.7. The van der Waals surface area contributed by atoms with E-state index in [0.29, 0.717) is 0 Å². The van der Waals surface area contributed by atoms with Crippen LogP contribution < -0.4 is 41.7 Å². The lowest BCUT2D eigenvalue weighted by atomic mass is 9.98. The maximum absolute atomic E-state index is 12.7. The SMILES string of the molecule is O=C([O-])CC(CC(=O)[O-])N1C=CC(=c2c(=O)c(=C3C=CC(=[N+](CC(=O)[O-])CC(=O)[O-])C=C3)c2=O)C=C1. The first-order chi connectivity index (χ1) is 17.0. The van der Waals surface area contributed by atoms with Crippen LogP contribution in [-0.4, -0.2) is 58.2 Å². The zero-order valence-corrected chi connectivity index (χ0v) is 18.5. The van der Waals surface area contributed by atoms with Gasteiger partial charge >= 0.3 is 0 Å². The molecule has 186 valence electrons. The van der Waals surface area contributed by atoms with E-state index < -0.39 is 66.7 Å². The van der Waals surface area contributed by atoms with E-state index in [2.05, 4.69) is 0 Å². The third kappa shape index (κ3) is 5.78. The summed E-state index contributed by atoms with van der Waals surface area (Å²) in [5, 5.41) is 43.3. The van der Waals surface area contributed by atoms with Crippen LogP contribution >= 0.6 is 0 Å². The van der Waals surface area contributed by atoms with E-state index in [9.17, 15) is 49.2 Å². The van der Waals surface area contributed by atoms with Crippen molar-refractivity contribution < 1.29 is 44.2 Å². The number of aliphatic carboxylic acids is 4. The Morgan fingerprint density at radius 2 is 1.08 bits per heavy atom. The number of rotatable bonds is 9. The van der Waals surface area contributed by atoms with E-state index in [1.807, 2.05) is 0 Å². The molecule has 0 amide bonds. The van der Waals surface area contributed by atoms with Crippen LogP contribution in [0.5, 0.6) is 0 Å². The third-order valence-electron chi connectivity index (χ3n) is 5.44. The number of carbonyl (C=O) groups is 4. The smallest absolute Gasteiger partial charge is 0.202 e. The summed E-state index contributed by atoms with van der Waals surface area (Å²) in [5.74, 6) is -5.92. The van der Waals surface area contributed by atoms with E-state index >= 15 is 0 Å².